The maximum Gasteiger partial charge on any atom is 0.0932 e. The molecule has 2 heteroatoms. The van der Waals surface area contributed by atoms with Crippen LogP contribution in [-0.4, -0.2) is 5.11 Å². The quantitative estimate of drug-likeness (QED) is 0.831. The predicted octanol–water partition coefficient (Wildman–Crippen LogP) is 3.66. The first-order chi connectivity index (χ1) is 7.08. The van der Waals surface area contributed by atoms with Crippen LogP contribution in [0.5, 0.6) is 0 Å². The Morgan fingerprint density at radius 3 is 2.93 bits per heavy atom. The van der Waals surface area contributed by atoms with Crippen LogP contribution >= 0.6 is 11.6 Å². The van der Waals surface area contributed by atoms with Crippen molar-refractivity contribution in [2.24, 2.45) is 5.92 Å². The minimum atomic E-state index is -0.592. The Kier molecular flexibility index (Phi) is 2.78. The highest BCUT2D eigenvalue weighted by atomic mass is 35.5. The number of hydrogen-bond donors (Lipinski definition) is 1. The van der Waals surface area contributed by atoms with Gasteiger partial charge in [0.25, 0.3) is 0 Å². The Labute approximate surface area is 96.1 Å². The summed E-state index contributed by atoms with van der Waals surface area (Å²) in [6, 6.07) is 5.77. The third kappa shape index (κ3) is 1.91. The molecular formula is C13H17ClO. The van der Waals surface area contributed by atoms with E-state index >= 15 is 0 Å². The molecule has 1 fully saturated rings. The standard InChI is InChI=1S/C13H17ClO/c1-3-4-10-8-13(10,15)12-7-11(14)6-5-9(12)2/h5-7,10,15H,3-4,8H2,1-2H3. The molecule has 0 heterocycles. The molecule has 0 spiro atoms. The summed E-state index contributed by atoms with van der Waals surface area (Å²) in [4.78, 5) is 0. The van der Waals surface area contributed by atoms with Crippen molar-refractivity contribution in [3.05, 3.63) is 34.3 Å². The maximum atomic E-state index is 10.4. The van der Waals surface area contributed by atoms with Crippen molar-refractivity contribution < 1.29 is 5.11 Å². The summed E-state index contributed by atoms with van der Waals surface area (Å²) in [6.07, 6.45) is 3.12. The first-order valence-electron chi connectivity index (χ1n) is 5.57. The van der Waals surface area contributed by atoms with Gasteiger partial charge in [-0.3, -0.25) is 0 Å². The number of aryl methyl sites for hydroxylation is 1. The van der Waals surface area contributed by atoms with Crippen molar-refractivity contribution in [3.8, 4) is 0 Å². The number of halogens is 1. The van der Waals surface area contributed by atoms with Gasteiger partial charge in [0.05, 0.1) is 5.60 Å². The molecule has 0 saturated heterocycles. The van der Waals surface area contributed by atoms with E-state index in [1.807, 2.05) is 25.1 Å². The van der Waals surface area contributed by atoms with Gasteiger partial charge in [0.15, 0.2) is 0 Å². The average molecular weight is 225 g/mol. The van der Waals surface area contributed by atoms with E-state index < -0.39 is 5.60 Å². The van der Waals surface area contributed by atoms with Crippen molar-refractivity contribution in [2.75, 3.05) is 0 Å². The zero-order valence-electron chi connectivity index (χ0n) is 9.26. The van der Waals surface area contributed by atoms with Crippen LogP contribution in [0.4, 0.5) is 0 Å². The molecule has 2 atom stereocenters. The lowest BCUT2D eigenvalue weighted by atomic mass is 9.99. The van der Waals surface area contributed by atoms with E-state index in [-0.39, 0.29) is 0 Å². The summed E-state index contributed by atoms with van der Waals surface area (Å²) >= 11 is 5.96. The van der Waals surface area contributed by atoms with Gasteiger partial charge in [-0.1, -0.05) is 31.0 Å². The highest BCUT2D eigenvalue weighted by molar-refractivity contribution is 6.30. The van der Waals surface area contributed by atoms with Crippen molar-refractivity contribution >= 4 is 11.6 Å². The molecule has 1 nitrogen and oxygen atoms in total. The minimum Gasteiger partial charge on any atom is -0.385 e. The van der Waals surface area contributed by atoms with Crippen LogP contribution in [0.3, 0.4) is 0 Å². The lowest BCUT2D eigenvalue weighted by Gasteiger charge is -2.14. The molecule has 15 heavy (non-hydrogen) atoms. The molecule has 1 aliphatic rings. The largest absolute Gasteiger partial charge is 0.385 e. The molecule has 1 aromatic carbocycles. The van der Waals surface area contributed by atoms with Crippen LogP contribution in [0, 0.1) is 12.8 Å². The molecule has 1 N–H and O–H groups in total. The Bertz CT molecular complexity index is 375. The predicted molar refractivity (Wildman–Crippen MR) is 63.1 cm³/mol. The zero-order chi connectivity index (χ0) is 11.1. The molecule has 0 aromatic heterocycles. The topological polar surface area (TPSA) is 20.2 Å². The Hall–Kier alpha value is -0.530. The summed E-state index contributed by atoms with van der Waals surface area (Å²) in [6.45, 7) is 4.19. The van der Waals surface area contributed by atoms with Gasteiger partial charge >= 0.3 is 0 Å². The molecule has 0 bridgehead atoms. The number of hydrogen-bond acceptors (Lipinski definition) is 1. The molecule has 0 radical (unpaired) electrons. The second-order valence-corrected chi connectivity index (χ2v) is 5.01. The van der Waals surface area contributed by atoms with Gasteiger partial charge in [-0.15, -0.1) is 0 Å². The van der Waals surface area contributed by atoms with E-state index in [0.717, 1.165) is 30.4 Å². The van der Waals surface area contributed by atoms with Crippen LogP contribution in [0.25, 0.3) is 0 Å². The third-order valence-electron chi connectivity index (χ3n) is 3.38. The summed E-state index contributed by atoms with van der Waals surface area (Å²) in [5.41, 5.74) is 1.57. The van der Waals surface area contributed by atoms with Gasteiger partial charge in [-0.2, -0.15) is 0 Å². The summed E-state index contributed by atoms with van der Waals surface area (Å²) in [5, 5.41) is 11.2. The average Bonchev–Trinajstić information content (AvgIpc) is 2.83. The lowest BCUT2D eigenvalue weighted by Crippen LogP contribution is -2.10. The molecule has 1 aliphatic carbocycles. The Morgan fingerprint density at radius 1 is 1.53 bits per heavy atom. The van der Waals surface area contributed by atoms with Crippen molar-refractivity contribution in [2.45, 2.75) is 38.7 Å². The normalized spacial score (nSPS) is 29.2. The van der Waals surface area contributed by atoms with E-state index in [9.17, 15) is 5.11 Å². The first-order valence-corrected chi connectivity index (χ1v) is 5.94. The maximum absolute atomic E-state index is 10.4. The zero-order valence-corrected chi connectivity index (χ0v) is 10.0. The molecule has 2 unspecified atom stereocenters. The third-order valence-corrected chi connectivity index (χ3v) is 3.61. The van der Waals surface area contributed by atoms with Gasteiger partial charge in [0.1, 0.15) is 0 Å². The van der Waals surface area contributed by atoms with E-state index in [1.165, 1.54) is 0 Å². The smallest absolute Gasteiger partial charge is 0.0932 e. The van der Waals surface area contributed by atoms with E-state index in [2.05, 4.69) is 6.92 Å². The highest BCUT2D eigenvalue weighted by Gasteiger charge is 2.53. The van der Waals surface area contributed by atoms with E-state index in [1.54, 1.807) is 0 Å². The molecule has 1 saturated carbocycles. The van der Waals surface area contributed by atoms with Crippen molar-refractivity contribution in [1.82, 2.24) is 0 Å². The van der Waals surface area contributed by atoms with Crippen LogP contribution < -0.4 is 0 Å². The fourth-order valence-corrected chi connectivity index (χ4v) is 2.57. The number of aliphatic hydroxyl groups is 1. The number of benzene rings is 1. The van der Waals surface area contributed by atoms with Crippen LogP contribution in [0.15, 0.2) is 18.2 Å². The van der Waals surface area contributed by atoms with E-state index in [0.29, 0.717) is 10.9 Å². The van der Waals surface area contributed by atoms with Crippen molar-refractivity contribution in [1.29, 1.82) is 0 Å². The molecule has 2 rings (SSSR count). The summed E-state index contributed by atoms with van der Waals surface area (Å²) in [7, 11) is 0. The van der Waals surface area contributed by atoms with E-state index in [4.69, 9.17) is 11.6 Å². The van der Waals surface area contributed by atoms with Crippen LogP contribution in [-0.2, 0) is 5.60 Å². The lowest BCUT2D eigenvalue weighted by molar-refractivity contribution is 0.128. The van der Waals surface area contributed by atoms with Gasteiger partial charge < -0.3 is 5.11 Å². The fraction of sp³-hybridized carbons (Fsp3) is 0.538. The monoisotopic (exact) mass is 224 g/mol. The molecule has 0 aliphatic heterocycles. The van der Waals surface area contributed by atoms with Gasteiger partial charge in [-0.25, -0.2) is 0 Å². The van der Waals surface area contributed by atoms with Crippen LogP contribution in [0.1, 0.15) is 37.3 Å². The Morgan fingerprint density at radius 2 is 2.27 bits per heavy atom. The fourth-order valence-electron chi connectivity index (χ4n) is 2.40. The Balaban J connectivity index is 2.27. The summed E-state index contributed by atoms with van der Waals surface area (Å²) < 4.78 is 0. The van der Waals surface area contributed by atoms with Gasteiger partial charge in [0, 0.05) is 5.02 Å². The summed E-state index contributed by atoms with van der Waals surface area (Å²) in [5.74, 6) is 0.430. The second-order valence-electron chi connectivity index (χ2n) is 4.57. The van der Waals surface area contributed by atoms with Gasteiger partial charge in [-0.05, 0) is 48.9 Å². The number of rotatable bonds is 3. The molecule has 0 amide bonds. The SMILES string of the molecule is CCCC1CC1(O)c1cc(Cl)ccc1C. The highest BCUT2D eigenvalue weighted by Crippen LogP contribution is 2.55. The van der Waals surface area contributed by atoms with Gasteiger partial charge in [0.2, 0.25) is 0 Å². The second kappa shape index (κ2) is 3.80. The van der Waals surface area contributed by atoms with Crippen molar-refractivity contribution in [3.63, 3.8) is 0 Å². The first kappa shape index (κ1) is 11.0. The molecule has 82 valence electrons. The molecular weight excluding hydrogens is 208 g/mol. The van der Waals surface area contributed by atoms with Crippen LogP contribution in [0.2, 0.25) is 5.02 Å². The minimum absolute atomic E-state index is 0.430. The molecule has 1 aromatic rings.